The molecular weight excluding hydrogens is 444 g/mol. The lowest BCUT2D eigenvalue weighted by molar-refractivity contribution is -0.114. The van der Waals surface area contributed by atoms with Gasteiger partial charge in [-0.1, -0.05) is 24.3 Å². The highest BCUT2D eigenvalue weighted by Gasteiger charge is 2.32. The molecule has 0 atom stereocenters. The molecule has 1 heterocycles. The molecule has 0 unspecified atom stereocenters. The summed E-state index contributed by atoms with van der Waals surface area (Å²) < 4.78 is 28.1. The van der Waals surface area contributed by atoms with Crippen molar-refractivity contribution < 1.29 is 13.2 Å². The normalized spacial score (nSPS) is 11.3. The second-order valence-electron chi connectivity index (χ2n) is 8.03. The number of carbonyl (C=O) groups excluding carboxylic acids is 1. The number of carbonyl (C=O) groups is 1. The molecule has 9 nitrogen and oxygen atoms in total. The van der Waals surface area contributed by atoms with E-state index in [1.54, 1.807) is 26.0 Å². The monoisotopic (exact) mass is 470 g/mol. The van der Waals surface area contributed by atoms with E-state index in [9.17, 15) is 22.8 Å². The van der Waals surface area contributed by atoms with Gasteiger partial charge in [-0.15, -0.1) is 0 Å². The molecular formula is C23H26N4O5S. The molecule has 1 aromatic heterocycles. The van der Waals surface area contributed by atoms with Crippen molar-refractivity contribution >= 4 is 27.3 Å². The number of benzene rings is 2. The third-order valence-corrected chi connectivity index (χ3v) is 7.08. The highest BCUT2D eigenvalue weighted by molar-refractivity contribution is 7.92. The predicted octanol–water partition coefficient (Wildman–Crippen LogP) is 2.44. The second kappa shape index (κ2) is 9.07. The molecule has 10 heteroatoms. The number of H-pyrrole nitrogens is 2. The van der Waals surface area contributed by atoms with Gasteiger partial charge < -0.3 is 10.3 Å². The highest BCUT2D eigenvalue weighted by atomic mass is 32.2. The molecule has 33 heavy (non-hydrogen) atoms. The molecule has 2 aromatic carbocycles. The number of para-hydroxylation sites is 1. The summed E-state index contributed by atoms with van der Waals surface area (Å²) in [5, 5.41) is 2.78. The van der Waals surface area contributed by atoms with Crippen molar-refractivity contribution in [2.24, 2.45) is 0 Å². The first kappa shape index (κ1) is 24.0. The number of aryl methyl sites for hydroxylation is 5. The third-order valence-electron chi connectivity index (χ3n) is 5.15. The molecule has 3 aromatic rings. The minimum Gasteiger partial charge on any atom is -0.324 e. The molecule has 0 fully saturated rings. The maximum atomic E-state index is 13.6. The number of nitrogens with zero attached hydrogens (tertiary/aromatic N) is 1. The Kier molecular flexibility index (Phi) is 6.59. The number of anilines is 2. The van der Waals surface area contributed by atoms with Crippen LogP contribution in [0.5, 0.6) is 0 Å². The first-order chi connectivity index (χ1) is 15.4. The molecule has 174 valence electrons. The van der Waals surface area contributed by atoms with Crippen molar-refractivity contribution in [1.29, 1.82) is 0 Å². The van der Waals surface area contributed by atoms with Gasteiger partial charge in [0, 0.05) is 11.4 Å². The van der Waals surface area contributed by atoms with Gasteiger partial charge in [0.2, 0.25) is 5.91 Å². The number of sulfonamides is 1. The van der Waals surface area contributed by atoms with E-state index < -0.39 is 38.6 Å². The van der Waals surface area contributed by atoms with E-state index in [4.69, 9.17) is 0 Å². The Balaban J connectivity index is 2.12. The van der Waals surface area contributed by atoms with Crippen molar-refractivity contribution in [3.63, 3.8) is 0 Å². The summed E-state index contributed by atoms with van der Waals surface area (Å²) in [4.78, 5) is 40.7. The first-order valence-electron chi connectivity index (χ1n) is 10.2. The van der Waals surface area contributed by atoms with Gasteiger partial charge in [0.15, 0.2) is 4.90 Å². The van der Waals surface area contributed by atoms with Gasteiger partial charge >= 0.3 is 5.69 Å². The Labute approximate surface area is 191 Å². The van der Waals surface area contributed by atoms with Crippen molar-refractivity contribution in [3.05, 3.63) is 85.2 Å². The van der Waals surface area contributed by atoms with Gasteiger partial charge in [0.1, 0.15) is 6.54 Å². The fraction of sp³-hybridized carbons (Fsp3) is 0.261. The van der Waals surface area contributed by atoms with Crippen LogP contribution in [-0.4, -0.2) is 30.8 Å². The standard InChI is InChI=1S/C23H26N4O5S/c1-13-9-14(2)11-18(10-13)27(12-19(28)25-20-15(3)7-6-8-16(20)4)33(31,32)21-17(5)24-23(30)26-22(21)29/h6-11H,12H2,1-5H3,(H,25,28)(H2,24,26,29,30). The molecule has 0 aliphatic rings. The first-order valence-corrected chi connectivity index (χ1v) is 11.6. The summed E-state index contributed by atoms with van der Waals surface area (Å²) in [6, 6.07) is 10.6. The Morgan fingerprint density at radius 1 is 0.939 bits per heavy atom. The second-order valence-corrected chi connectivity index (χ2v) is 9.83. The number of rotatable bonds is 6. The van der Waals surface area contributed by atoms with Crippen LogP contribution < -0.4 is 20.9 Å². The van der Waals surface area contributed by atoms with Crippen molar-refractivity contribution in [3.8, 4) is 0 Å². The van der Waals surface area contributed by atoms with E-state index in [0.717, 1.165) is 26.6 Å². The maximum Gasteiger partial charge on any atom is 0.325 e. The lowest BCUT2D eigenvalue weighted by atomic mass is 10.1. The lowest BCUT2D eigenvalue weighted by Crippen LogP contribution is -2.42. The Hall–Kier alpha value is -3.66. The minimum atomic E-state index is -4.51. The van der Waals surface area contributed by atoms with Crippen LogP contribution >= 0.6 is 0 Å². The maximum absolute atomic E-state index is 13.6. The zero-order chi connectivity index (χ0) is 24.5. The Bertz CT molecular complexity index is 1410. The summed E-state index contributed by atoms with van der Waals surface area (Å²) in [5.41, 5.74) is 2.07. The van der Waals surface area contributed by atoms with E-state index in [2.05, 4.69) is 10.3 Å². The van der Waals surface area contributed by atoms with Gasteiger partial charge in [0.25, 0.3) is 15.6 Å². The predicted molar refractivity (Wildman–Crippen MR) is 127 cm³/mol. The topological polar surface area (TPSA) is 132 Å². The van der Waals surface area contributed by atoms with Crippen LogP contribution in [0.3, 0.4) is 0 Å². The molecule has 0 bridgehead atoms. The van der Waals surface area contributed by atoms with Crippen molar-refractivity contribution in [1.82, 2.24) is 9.97 Å². The van der Waals surface area contributed by atoms with Crippen LogP contribution in [0.2, 0.25) is 0 Å². The molecule has 3 N–H and O–H groups in total. The largest absolute Gasteiger partial charge is 0.325 e. The van der Waals surface area contributed by atoms with E-state index in [1.165, 1.54) is 6.92 Å². The van der Waals surface area contributed by atoms with Crippen molar-refractivity contribution in [2.45, 2.75) is 39.5 Å². The zero-order valence-corrected chi connectivity index (χ0v) is 19.9. The van der Waals surface area contributed by atoms with Crippen LogP contribution in [0.25, 0.3) is 0 Å². The van der Waals surface area contributed by atoms with Crippen molar-refractivity contribution in [2.75, 3.05) is 16.2 Å². The van der Waals surface area contributed by atoms with Gasteiger partial charge in [-0.3, -0.25) is 18.9 Å². The Morgan fingerprint density at radius 3 is 2.06 bits per heavy atom. The number of aromatic nitrogens is 2. The lowest BCUT2D eigenvalue weighted by Gasteiger charge is -2.25. The Morgan fingerprint density at radius 2 is 1.52 bits per heavy atom. The van der Waals surface area contributed by atoms with E-state index >= 15 is 0 Å². The SMILES string of the molecule is Cc1cc(C)cc(N(CC(=O)Nc2c(C)cccc2C)S(=O)(=O)c2c(C)[nH]c(=O)[nH]c2=O)c1. The fourth-order valence-electron chi connectivity index (χ4n) is 3.74. The van der Waals surface area contributed by atoms with Crippen LogP contribution in [0.4, 0.5) is 11.4 Å². The fourth-order valence-corrected chi connectivity index (χ4v) is 5.35. The van der Waals surface area contributed by atoms with Gasteiger partial charge in [-0.2, -0.15) is 0 Å². The van der Waals surface area contributed by atoms with Gasteiger partial charge in [0.05, 0.1) is 5.69 Å². The molecule has 0 radical (unpaired) electrons. The van der Waals surface area contributed by atoms with Crippen LogP contribution in [0.1, 0.15) is 27.9 Å². The molecule has 0 aliphatic carbocycles. The van der Waals surface area contributed by atoms with Gasteiger partial charge in [-0.25, -0.2) is 13.2 Å². The smallest absolute Gasteiger partial charge is 0.324 e. The number of nitrogens with one attached hydrogen (secondary N) is 3. The molecule has 1 amide bonds. The summed E-state index contributed by atoms with van der Waals surface area (Å²) in [5.74, 6) is -0.575. The molecule has 0 saturated carbocycles. The summed E-state index contributed by atoms with van der Waals surface area (Å²) >= 11 is 0. The quantitative estimate of drug-likeness (QED) is 0.509. The third kappa shape index (κ3) is 5.06. The van der Waals surface area contributed by atoms with Crippen LogP contribution in [0.15, 0.2) is 50.9 Å². The van der Waals surface area contributed by atoms with E-state index in [-0.39, 0.29) is 11.4 Å². The number of aromatic amines is 2. The summed E-state index contributed by atoms with van der Waals surface area (Å²) in [6.07, 6.45) is 0. The summed E-state index contributed by atoms with van der Waals surface area (Å²) in [6.45, 7) is 8.03. The van der Waals surface area contributed by atoms with Gasteiger partial charge in [-0.05, 0) is 69.0 Å². The van der Waals surface area contributed by atoms with E-state index in [1.807, 2.05) is 43.1 Å². The van der Waals surface area contributed by atoms with Crippen LogP contribution in [0, 0.1) is 34.6 Å². The van der Waals surface area contributed by atoms with E-state index in [0.29, 0.717) is 5.69 Å². The molecule has 3 rings (SSSR count). The molecule has 0 saturated heterocycles. The van der Waals surface area contributed by atoms with Crippen LogP contribution in [-0.2, 0) is 14.8 Å². The molecule has 0 aliphatic heterocycles. The zero-order valence-electron chi connectivity index (χ0n) is 19.1. The minimum absolute atomic E-state index is 0.117. The average molecular weight is 471 g/mol. The molecule has 0 spiro atoms. The number of hydrogen-bond acceptors (Lipinski definition) is 5. The number of amides is 1. The summed E-state index contributed by atoms with van der Waals surface area (Å²) in [7, 11) is -4.51. The number of hydrogen-bond donors (Lipinski definition) is 3. The highest BCUT2D eigenvalue weighted by Crippen LogP contribution is 2.26. The average Bonchev–Trinajstić information content (AvgIpc) is 2.67.